The summed E-state index contributed by atoms with van der Waals surface area (Å²) in [5, 5.41) is 7.05. The number of rotatable bonds is 5. The second-order valence-corrected chi connectivity index (χ2v) is 7.53. The predicted molar refractivity (Wildman–Crippen MR) is 94.5 cm³/mol. The summed E-state index contributed by atoms with van der Waals surface area (Å²) < 4.78 is 5.63. The third-order valence-electron chi connectivity index (χ3n) is 4.77. The number of hydrogen-bond acceptors (Lipinski definition) is 6. The van der Waals surface area contributed by atoms with Crippen molar-refractivity contribution in [3.8, 4) is 10.9 Å². The van der Waals surface area contributed by atoms with E-state index in [1.54, 1.807) is 24.3 Å². The van der Waals surface area contributed by atoms with E-state index in [0.29, 0.717) is 33.5 Å². The molecular weight excluding hydrogens is 338 g/mol. The number of ketones is 1. The summed E-state index contributed by atoms with van der Waals surface area (Å²) in [6.07, 6.45) is 4.87. The Bertz CT molecular complexity index is 802. The van der Waals surface area contributed by atoms with E-state index in [-0.39, 0.29) is 17.7 Å². The van der Waals surface area contributed by atoms with Gasteiger partial charge in [0.1, 0.15) is 5.75 Å². The van der Waals surface area contributed by atoms with E-state index in [4.69, 9.17) is 4.74 Å². The molecule has 0 radical (unpaired) electrons. The molecular formula is C18H19N3O3S. The molecule has 2 aromatic rings. The van der Waals surface area contributed by atoms with Crippen LogP contribution in [0.5, 0.6) is 10.9 Å². The van der Waals surface area contributed by atoms with Crippen LogP contribution in [0.3, 0.4) is 0 Å². The summed E-state index contributed by atoms with van der Waals surface area (Å²) in [5.74, 6) is 0.496. The van der Waals surface area contributed by atoms with Crippen LogP contribution in [0.25, 0.3) is 0 Å². The number of nitrogens with one attached hydrogen (secondary N) is 2. The number of hydrogen-bond donors (Lipinski definition) is 2. The largest absolute Gasteiger partial charge is 0.431 e. The molecule has 1 amide bonds. The second-order valence-electron chi connectivity index (χ2n) is 6.54. The first kappa shape index (κ1) is 16.2. The molecule has 2 bridgehead atoms. The van der Waals surface area contributed by atoms with E-state index in [2.05, 4.69) is 15.6 Å². The van der Waals surface area contributed by atoms with Crippen LogP contribution in [0, 0.1) is 0 Å². The van der Waals surface area contributed by atoms with Gasteiger partial charge in [-0.15, -0.1) is 0 Å². The molecule has 1 aromatic carbocycles. The van der Waals surface area contributed by atoms with Crippen LogP contribution in [-0.2, 0) is 0 Å². The molecule has 130 valence electrons. The Kier molecular flexibility index (Phi) is 4.27. The van der Waals surface area contributed by atoms with Crippen molar-refractivity contribution in [1.29, 1.82) is 0 Å². The third-order valence-corrected chi connectivity index (χ3v) is 5.75. The van der Waals surface area contributed by atoms with Crippen molar-refractivity contribution >= 4 is 23.0 Å². The van der Waals surface area contributed by atoms with E-state index < -0.39 is 0 Å². The predicted octanol–water partition coefficient (Wildman–Crippen LogP) is 2.76. The van der Waals surface area contributed by atoms with Crippen LogP contribution in [0.15, 0.2) is 30.5 Å². The number of benzene rings is 1. The van der Waals surface area contributed by atoms with Crippen molar-refractivity contribution in [1.82, 2.24) is 15.6 Å². The monoisotopic (exact) mass is 357 g/mol. The topological polar surface area (TPSA) is 80.3 Å². The average Bonchev–Trinajstić information content (AvgIpc) is 3.32. The molecule has 0 saturated carbocycles. The molecule has 2 N–H and O–H groups in total. The highest BCUT2D eigenvalue weighted by atomic mass is 32.1. The van der Waals surface area contributed by atoms with Crippen LogP contribution >= 0.6 is 11.3 Å². The SMILES string of the molecule is CC(=O)c1cnc(Oc2ccc(C(=O)N[C@@H]3C[C@H]4CC[C@@H]3N4)cc2)s1. The lowest BCUT2D eigenvalue weighted by Gasteiger charge is -2.21. The van der Waals surface area contributed by atoms with Gasteiger partial charge in [-0.1, -0.05) is 11.3 Å². The molecule has 0 unspecified atom stereocenters. The van der Waals surface area contributed by atoms with Gasteiger partial charge in [0.05, 0.1) is 11.1 Å². The van der Waals surface area contributed by atoms with Gasteiger partial charge in [-0.05, 0) is 43.5 Å². The van der Waals surface area contributed by atoms with E-state index in [1.807, 2.05) is 0 Å². The summed E-state index contributed by atoms with van der Waals surface area (Å²) in [6, 6.07) is 8.16. The number of aromatic nitrogens is 1. The van der Waals surface area contributed by atoms with Gasteiger partial charge in [-0.25, -0.2) is 4.98 Å². The van der Waals surface area contributed by atoms with Gasteiger partial charge >= 0.3 is 0 Å². The number of amides is 1. The number of ether oxygens (including phenoxy) is 1. The maximum atomic E-state index is 12.4. The molecule has 2 aliphatic heterocycles. The van der Waals surface area contributed by atoms with Gasteiger partial charge in [-0.3, -0.25) is 9.59 Å². The smallest absolute Gasteiger partial charge is 0.279 e. The normalized spacial score (nSPS) is 24.3. The van der Waals surface area contributed by atoms with Gasteiger partial charge in [0.15, 0.2) is 5.78 Å². The highest BCUT2D eigenvalue weighted by Gasteiger charge is 2.39. The molecule has 3 atom stereocenters. The van der Waals surface area contributed by atoms with Crippen LogP contribution in [-0.4, -0.2) is 34.8 Å². The molecule has 1 aromatic heterocycles. The van der Waals surface area contributed by atoms with Crippen LogP contribution < -0.4 is 15.4 Å². The van der Waals surface area contributed by atoms with Gasteiger partial charge in [0, 0.05) is 30.6 Å². The van der Waals surface area contributed by atoms with Crippen LogP contribution in [0.2, 0.25) is 0 Å². The quantitative estimate of drug-likeness (QED) is 0.805. The first-order valence-corrected chi connectivity index (χ1v) is 9.22. The first-order valence-electron chi connectivity index (χ1n) is 8.40. The molecule has 25 heavy (non-hydrogen) atoms. The maximum absolute atomic E-state index is 12.4. The lowest BCUT2D eigenvalue weighted by atomic mass is 9.95. The minimum atomic E-state index is -0.0565. The Morgan fingerprint density at radius 3 is 2.68 bits per heavy atom. The van der Waals surface area contributed by atoms with Crippen molar-refractivity contribution in [2.75, 3.05) is 0 Å². The standard InChI is InChI=1S/C18H19N3O3S/c1-10(22)16-9-19-18(25-16)24-13-5-2-11(3-6-13)17(23)21-15-8-12-4-7-14(15)20-12/h2-3,5-6,9,12,14-15,20H,4,7-8H2,1H3,(H,21,23)/t12-,14+,15-/m1/s1. The molecule has 6 nitrogen and oxygen atoms in total. The maximum Gasteiger partial charge on any atom is 0.279 e. The number of carbonyl (C=O) groups excluding carboxylic acids is 2. The lowest BCUT2D eigenvalue weighted by molar-refractivity contribution is 0.0930. The number of carbonyl (C=O) groups is 2. The average molecular weight is 357 g/mol. The number of nitrogens with zero attached hydrogens (tertiary/aromatic N) is 1. The third kappa shape index (κ3) is 3.43. The van der Waals surface area contributed by atoms with Gasteiger partial charge in [0.2, 0.25) is 0 Å². The van der Waals surface area contributed by atoms with Crippen molar-refractivity contribution < 1.29 is 14.3 Å². The highest BCUT2D eigenvalue weighted by molar-refractivity contribution is 7.15. The van der Waals surface area contributed by atoms with E-state index in [1.165, 1.54) is 30.9 Å². The summed E-state index contributed by atoms with van der Waals surface area (Å²) >= 11 is 1.21. The molecule has 0 aliphatic carbocycles. The zero-order valence-electron chi connectivity index (χ0n) is 13.8. The Balaban J connectivity index is 1.37. The first-order chi connectivity index (χ1) is 12.1. The Morgan fingerprint density at radius 2 is 2.08 bits per heavy atom. The van der Waals surface area contributed by atoms with Crippen molar-refractivity contribution in [2.24, 2.45) is 0 Å². The van der Waals surface area contributed by atoms with Crippen molar-refractivity contribution in [2.45, 2.75) is 44.3 Å². The summed E-state index contributed by atoms with van der Waals surface area (Å²) in [7, 11) is 0. The fourth-order valence-corrected chi connectivity index (χ4v) is 4.16. The number of fused-ring (bicyclic) bond motifs is 2. The van der Waals surface area contributed by atoms with E-state index >= 15 is 0 Å². The second kappa shape index (κ2) is 6.57. The molecule has 2 saturated heterocycles. The Hall–Kier alpha value is -2.25. The van der Waals surface area contributed by atoms with Crippen molar-refractivity contribution in [3.05, 3.63) is 40.9 Å². The Labute approximate surface area is 149 Å². The van der Waals surface area contributed by atoms with E-state index in [0.717, 1.165) is 12.8 Å². The minimum absolute atomic E-state index is 0.0329. The summed E-state index contributed by atoms with van der Waals surface area (Å²) in [4.78, 5) is 28.3. The highest BCUT2D eigenvalue weighted by Crippen LogP contribution is 2.29. The van der Waals surface area contributed by atoms with Gasteiger partial charge in [-0.2, -0.15) is 0 Å². The fraction of sp³-hybridized carbons (Fsp3) is 0.389. The zero-order chi connectivity index (χ0) is 17.4. The molecule has 2 aliphatic rings. The molecule has 2 fully saturated rings. The van der Waals surface area contributed by atoms with Gasteiger partial charge < -0.3 is 15.4 Å². The van der Waals surface area contributed by atoms with E-state index in [9.17, 15) is 9.59 Å². The summed E-state index contributed by atoms with van der Waals surface area (Å²) in [6.45, 7) is 1.50. The molecule has 7 heteroatoms. The lowest BCUT2D eigenvalue weighted by Crippen LogP contribution is -2.42. The minimum Gasteiger partial charge on any atom is -0.431 e. The summed E-state index contributed by atoms with van der Waals surface area (Å²) in [5.41, 5.74) is 0.610. The molecule has 0 spiro atoms. The Morgan fingerprint density at radius 1 is 1.28 bits per heavy atom. The molecule has 3 heterocycles. The fourth-order valence-electron chi connectivity index (χ4n) is 3.48. The van der Waals surface area contributed by atoms with Crippen molar-refractivity contribution in [3.63, 3.8) is 0 Å². The van der Waals surface area contributed by atoms with Gasteiger partial charge in [0.25, 0.3) is 11.1 Å². The van der Waals surface area contributed by atoms with Crippen LogP contribution in [0.4, 0.5) is 0 Å². The number of thiazole rings is 1. The number of Topliss-reactive ketones (excluding diaryl/α,β-unsaturated/α-hetero) is 1. The molecule has 4 rings (SSSR count). The zero-order valence-corrected chi connectivity index (χ0v) is 14.6. The van der Waals surface area contributed by atoms with Crippen LogP contribution in [0.1, 0.15) is 46.2 Å².